The Kier molecular flexibility index (Phi) is 3.36. The first-order valence-electron chi connectivity index (χ1n) is 4.50. The lowest BCUT2D eigenvalue weighted by molar-refractivity contribution is 0.193. The number of methoxy groups -OCH3 is 2. The van der Waals surface area contributed by atoms with Crippen LogP contribution in [0.2, 0.25) is 0 Å². The molecule has 1 unspecified atom stereocenters. The monoisotopic (exact) mass is 196 g/mol. The Balaban J connectivity index is 3.28. The largest absolute Gasteiger partial charge is 0.497 e. The quantitative estimate of drug-likeness (QED) is 0.804. The van der Waals surface area contributed by atoms with Crippen LogP contribution < -0.4 is 9.47 Å². The van der Waals surface area contributed by atoms with Crippen molar-refractivity contribution < 1.29 is 14.6 Å². The number of hydrogen-bond donors (Lipinski definition) is 1. The van der Waals surface area contributed by atoms with Gasteiger partial charge in [0.05, 0.1) is 20.3 Å². The van der Waals surface area contributed by atoms with Crippen LogP contribution in [0.1, 0.15) is 24.2 Å². The number of benzene rings is 1. The molecule has 3 heteroatoms. The summed E-state index contributed by atoms with van der Waals surface area (Å²) in [5.74, 6) is 1.46. The van der Waals surface area contributed by atoms with Crippen LogP contribution in [0.5, 0.6) is 11.5 Å². The summed E-state index contributed by atoms with van der Waals surface area (Å²) >= 11 is 0. The first-order chi connectivity index (χ1) is 6.60. The number of aliphatic hydroxyl groups is 1. The van der Waals surface area contributed by atoms with Crippen LogP contribution in [0.4, 0.5) is 0 Å². The molecule has 0 saturated heterocycles. The summed E-state index contributed by atoms with van der Waals surface area (Å²) in [6.45, 7) is 3.63. The van der Waals surface area contributed by atoms with E-state index in [-0.39, 0.29) is 0 Å². The van der Waals surface area contributed by atoms with E-state index in [4.69, 9.17) is 9.47 Å². The second kappa shape index (κ2) is 4.33. The molecule has 0 aromatic heterocycles. The molecular formula is C11H16O3. The molecule has 0 heterocycles. The summed E-state index contributed by atoms with van der Waals surface area (Å²) in [6, 6.07) is 3.67. The summed E-state index contributed by atoms with van der Waals surface area (Å²) < 4.78 is 10.3. The Morgan fingerprint density at radius 1 is 1.21 bits per heavy atom. The predicted octanol–water partition coefficient (Wildman–Crippen LogP) is 2.07. The zero-order chi connectivity index (χ0) is 10.7. The minimum absolute atomic E-state index is 0.557. The highest BCUT2D eigenvalue weighted by Gasteiger charge is 2.12. The molecule has 0 spiro atoms. The van der Waals surface area contributed by atoms with Crippen LogP contribution in [-0.2, 0) is 0 Å². The first-order valence-corrected chi connectivity index (χ1v) is 4.50. The van der Waals surface area contributed by atoms with E-state index in [2.05, 4.69) is 0 Å². The Hall–Kier alpha value is -1.22. The second-order valence-corrected chi connectivity index (χ2v) is 3.24. The molecular weight excluding hydrogens is 180 g/mol. The maximum absolute atomic E-state index is 9.54. The van der Waals surface area contributed by atoms with E-state index in [1.165, 1.54) is 0 Å². The number of aliphatic hydroxyl groups excluding tert-OH is 1. The predicted molar refractivity (Wildman–Crippen MR) is 54.9 cm³/mol. The van der Waals surface area contributed by atoms with Gasteiger partial charge in [-0.25, -0.2) is 0 Å². The van der Waals surface area contributed by atoms with E-state index < -0.39 is 6.10 Å². The maximum atomic E-state index is 9.54. The molecule has 1 aromatic carbocycles. The van der Waals surface area contributed by atoms with Crippen LogP contribution in [0.3, 0.4) is 0 Å². The average molecular weight is 196 g/mol. The summed E-state index contributed by atoms with van der Waals surface area (Å²) in [7, 11) is 3.20. The van der Waals surface area contributed by atoms with E-state index >= 15 is 0 Å². The smallest absolute Gasteiger partial charge is 0.127 e. The fraction of sp³-hybridized carbons (Fsp3) is 0.455. The zero-order valence-electron chi connectivity index (χ0n) is 9.00. The Morgan fingerprint density at radius 3 is 2.29 bits per heavy atom. The average Bonchev–Trinajstić information content (AvgIpc) is 2.16. The first kappa shape index (κ1) is 10.9. The van der Waals surface area contributed by atoms with Gasteiger partial charge in [-0.3, -0.25) is 0 Å². The summed E-state index contributed by atoms with van der Waals surface area (Å²) in [4.78, 5) is 0. The lowest BCUT2D eigenvalue weighted by atomic mass is 10.1. The van der Waals surface area contributed by atoms with Gasteiger partial charge in [0, 0.05) is 5.56 Å². The van der Waals surface area contributed by atoms with E-state index in [1.807, 2.05) is 13.0 Å². The van der Waals surface area contributed by atoms with Gasteiger partial charge in [0.15, 0.2) is 0 Å². The van der Waals surface area contributed by atoms with E-state index in [9.17, 15) is 5.11 Å². The van der Waals surface area contributed by atoms with Gasteiger partial charge in [-0.15, -0.1) is 0 Å². The van der Waals surface area contributed by atoms with Gasteiger partial charge in [0.1, 0.15) is 11.5 Å². The lowest BCUT2D eigenvalue weighted by Gasteiger charge is -2.15. The topological polar surface area (TPSA) is 38.7 Å². The van der Waals surface area contributed by atoms with Gasteiger partial charge < -0.3 is 14.6 Å². The molecule has 0 radical (unpaired) electrons. The molecule has 0 aliphatic heterocycles. The van der Waals surface area contributed by atoms with Crippen molar-refractivity contribution in [2.24, 2.45) is 0 Å². The van der Waals surface area contributed by atoms with E-state index in [0.29, 0.717) is 0 Å². The number of hydrogen-bond acceptors (Lipinski definition) is 3. The fourth-order valence-electron chi connectivity index (χ4n) is 1.47. The molecule has 1 aromatic rings. The van der Waals surface area contributed by atoms with Crippen molar-refractivity contribution in [2.75, 3.05) is 14.2 Å². The van der Waals surface area contributed by atoms with E-state index in [0.717, 1.165) is 22.6 Å². The Bertz CT molecular complexity index is 319. The molecule has 0 amide bonds. The van der Waals surface area contributed by atoms with Crippen molar-refractivity contribution in [1.29, 1.82) is 0 Å². The molecule has 78 valence electrons. The molecule has 1 rings (SSSR count). The van der Waals surface area contributed by atoms with Crippen molar-refractivity contribution in [2.45, 2.75) is 20.0 Å². The summed E-state index contributed by atoms with van der Waals surface area (Å²) in [5.41, 5.74) is 1.71. The van der Waals surface area contributed by atoms with Crippen molar-refractivity contribution in [3.05, 3.63) is 23.3 Å². The second-order valence-electron chi connectivity index (χ2n) is 3.24. The molecule has 0 bridgehead atoms. The normalized spacial score (nSPS) is 12.4. The third-order valence-electron chi connectivity index (χ3n) is 2.17. The van der Waals surface area contributed by atoms with Crippen molar-refractivity contribution in [1.82, 2.24) is 0 Å². The molecule has 0 aliphatic carbocycles. The number of aryl methyl sites for hydroxylation is 1. The Morgan fingerprint density at radius 2 is 1.86 bits per heavy atom. The number of rotatable bonds is 3. The highest BCUT2D eigenvalue weighted by atomic mass is 16.5. The SMILES string of the molecule is COc1cc(C)c(OC)c(C(C)O)c1. The third-order valence-corrected chi connectivity index (χ3v) is 2.17. The molecule has 1 atom stereocenters. The van der Waals surface area contributed by atoms with Gasteiger partial charge in [0.25, 0.3) is 0 Å². The van der Waals surface area contributed by atoms with Gasteiger partial charge in [0.2, 0.25) is 0 Å². The van der Waals surface area contributed by atoms with Crippen LogP contribution >= 0.6 is 0 Å². The van der Waals surface area contributed by atoms with Crippen molar-refractivity contribution in [3.8, 4) is 11.5 Å². The fourth-order valence-corrected chi connectivity index (χ4v) is 1.47. The third kappa shape index (κ3) is 1.99. The van der Waals surface area contributed by atoms with Crippen molar-refractivity contribution in [3.63, 3.8) is 0 Å². The van der Waals surface area contributed by atoms with Gasteiger partial charge >= 0.3 is 0 Å². The molecule has 14 heavy (non-hydrogen) atoms. The minimum atomic E-state index is -0.557. The van der Waals surface area contributed by atoms with Gasteiger partial charge in [-0.1, -0.05) is 0 Å². The standard InChI is InChI=1S/C11H16O3/c1-7-5-9(13-3)6-10(8(2)12)11(7)14-4/h5-6,8,12H,1-4H3. The molecule has 1 N–H and O–H groups in total. The van der Waals surface area contributed by atoms with Crippen LogP contribution in [-0.4, -0.2) is 19.3 Å². The molecule has 0 aliphatic rings. The summed E-state index contributed by atoms with van der Waals surface area (Å²) in [5, 5.41) is 9.54. The van der Waals surface area contributed by atoms with Crippen LogP contribution in [0.15, 0.2) is 12.1 Å². The minimum Gasteiger partial charge on any atom is -0.497 e. The van der Waals surface area contributed by atoms with Crippen molar-refractivity contribution >= 4 is 0 Å². The van der Waals surface area contributed by atoms with E-state index in [1.54, 1.807) is 27.2 Å². The molecule has 0 saturated carbocycles. The van der Waals surface area contributed by atoms with Crippen LogP contribution in [0.25, 0.3) is 0 Å². The molecule has 3 nitrogen and oxygen atoms in total. The zero-order valence-corrected chi connectivity index (χ0v) is 9.00. The maximum Gasteiger partial charge on any atom is 0.127 e. The van der Waals surface area contributed by atoms with Gasteiger partial charge in [-0.05, 0) is 31.5 Å². The summed E-state index contributed by atoms with van der Waals surface area (Å²) in [6.07, 6.45) is -0.557. The highest BCUT2D eigenvalue weighted by Crippen LogP contribution is 2.32. The Labute approximate surface area is 84.3 Å². The number of ether oxygens (including phenoxy) is 2. The van der Waals surface area contributed by atoms with Gasteiger partial charge in [-0.2, -0.15) is 0 Å². The van der Waals surface area contributed by atoms with Crippen LogP contribution in [0, 0.1) is 6.92 Å². The lowest BCUT2D eigenvalue weighted by Crippen LogP contribution is -1.99. The highest BCUT2D eigenvalue weighted by molar-refractivity contribution is 5.47. The molecule has 0 fully saturated rings.